The van der Waals surface area contributed by atoms with Crippen molar-refractivity contribution in [2.45, 2.75) is 52.2 Å². The summed E-state index contributed by atoms with van der Waals surface area (Å²) < 4.78 is 34.4. The molecule has 1 amide bonds. The number of aromatic nitrogens is 1. The lowest BCUT2D eigenvalue weighted by Crippen LogP contribution is -2.53. The Hall–Kier alpha value is -2.24. The highest BCUT2D eigenvalue weighted by molar-refractivity contribution is 7.87. The zero-order chi connectivity index (χ0) is 25.6. The van der Waals surface area contributed by atoms with E-state index in [1.165, 1.54) is 23.8 Å². The molecule has 0 fully saturated rings. The molecule has 12 heteroatoms. The predicted molar refractivity (Wildman–Crippen MR) is 132 cm³/mol. The third-order valence-corrected chi connectivity index (χ3v) is 7.36. The molecule has 34 heavy (non-hydrogen) atoms. The largest absolute Gasteiger partial charge is 0.468 e. The maximum Gasteiger partial charge on any atom is 0.324 e. The summed E-state index contributed by atoms with van der Waals surface area (Å²) in [6, 6.07) is 4.82. The van der Waals surface area contributed by atoms with Gasteiger partial charge in [0.25, 0.3) is 16.1 Å². The summed E-state index contributed by atoms with van der Waals surface area (Å²) >= 11 is 12.0. The molecule has 2 aromatic rings. The Morgan fingerprint density at radius 3 is 2.03 bits per heavy atom. The first-order valence-corrected chi connectivity index (χ1v) is 12.6. The molecule has 186 valence electrons. The van der Waals surface area contributed by atoms with E-state index in [1.807, 2.05) is 0 Å². The minimum atomic E-state index is -3.96. The van der Waals surface area contributed by atoms with Gasteiger partial charge in [0.15, 0.2) is 0 Å². The van der Waals surface area contributed by atoms with Gasteiger partial charge in [-0.3, -0.25) is 14.6 Å². The maximum absolute atomic E-state index is 12.9. The van der Waals surface area contributed by atoms with Gasteiger partial charge in [-0.2, -0.15) is 17.4 Å². The Morgan fingerprint density at radius 2 is 1.56 bits per heavy atom. The van der Waals surface area contributed by atoms with E-state index >= 15 is 0 Å². The molecule has 2 N–H and O–H groups in total. The Morgan fingerprint density at radius 1 is 1.03 bits per heavy atom. The van der Waals surface area contributed by atoms with Crippen LogP contribution in [0.2, 0.25) is 10.0 Å². The number of pyridine rings is 1. The number of ether oxygens (including phenoxy) is 1. The number of anilines is 1. The number of rotatable bonds is 10. The number of nitrogens with one attached hydrogen (secondary N) is 2. The molecule has 0 aliphatic rings. The molecule has 1 atom stereocenters. The zero-order valence-electron chi connectivity index (χ0n) is 19.5. The molecule has 0 bridgehead atoms. The van der Waals surface area contributed by atoms with Crippen molar-refractivity contribution in [2.75, 3.05) is 12.4 Å². The number of hydrogen-bond donors (Lipinski definition) is 2. The number of amides is 1. The van der Waals surface area contributed by atoms with Crippen LogP contribution in [0.3, 0.4) is 0 Å². The average Bonchev–Trinajstić information content (AvgIpc) is 2.72. The van der Waals surface area contributed by atoms with Gasteiger partial charge < -0.3 is 10.1 Å². The van der Waals surface area contributed by atoms with E-state index in [9.17, 15) is 18.0 Å². The third-order valence-electron chi connectivity index (χ3n) is 4.80. The molecule has 0 radical (unpaired) electrons. The maximum atomic E-state index is 12.9. The van der Waals surface area contributed by atoms with Crippen LogP contribution in [0.15, 0.2) is 36.7 Å². The Kier molecular flexibility index (Phi) is 9.84. The van der Waals surface area contributed by atoms with Gasteiger partial charge in [0.05, 0.1) is 22.7 Å². The molecule has 1 aromatic heterocycles. The van der Waals surface area contributed by atoms with E-state index in [4.69, 9.17) is 27.9 Å². The molecule has 0 aliphatic carbocycles. The third kappa shape index (κ3) is 7.13. The van der Waals surface area contributed by atoms with Crippen LogP contribution < -0.4 is 10.0 Å². The minimum Gasteiger partial charge on any atom is -0.468 e. The Bertz CT molecular complexity index is 1100. The van der Waals surface area contributed by atoms with Gasteiger partial charge in [-0.15, -0.1) is 0 Å². The van der Waals surface area contributed by atoms with Gasteiger partial charge in [-0.05, 0) is 51.8 Å². The van der Waals surface area contributed by atoms with E-state index in [-0.39, 0.29) is 34.1 Å². The average molecular weight is 531 g/mol. The van der Waals surface area contributed by atoms with Gasteiger partial charge in [-0.25, -0.2) is 0 Å². The summed E-state index contributed by atoms with van der Waals surface area (Å²) in [6.07, 6.45) is 2.69. The molecular formula is C22H28Cl2N4O5S. The lowest BCUT2D eigenvalue weighted by molar-refractivity contribution is -0.142. The van der Waals surface area contributed by atoms with Crippen LogP contribution in [-0.4, -0.2) is 54.8 Å². The topological polar surface area (TPSA) is 118 Å². The number of esters is 1. The highest BCUT2D eigenvalue weighted by Crippen LogP contribution is 2.24. The number of carbonyl (C=O) groups excluding carboxylic acids is 2. The van der Waals surface area contributed by atoms with E-state index < -0.39 is 28.1 Å². The van der Waals surface area contributed by atoms with Crippen LogP contribution in [0.1, 0.15) is 43.6 Å². The van der Waals surface area contributed by atoms with Gasteiger partial charge in [0.1, 0.15) is 6.04 Å². The van der Waals surface area contributed by atoms with Crippen molar-refractivity contribution < 1.29 is 22.7 Å². The fourth-order valence-corrected chi connectivity index (χ4v) is 5.80. The van der Waals surface area contributed by atoms with Crippen LogP contribution in [0.5, 0.6) is 0 Å². The molecule has 9 nitrogen and oxygen atoms in total. The monoisotopic (exact) mass is 530 g/mol. The minimum absolute atomic E-state index is 0.0478. The fraction of sp³-hybridized carbons (Fsp3) is 0.409. The van der Waals surface area contributed by atoms with E-state index in [1.54, 1.807) is 52.0 Å². The van der Waals surface area contributed by atoms with Crippen molar-refractivity contribution in [2.24, 2.45) is 0 Å². The number of methoxy groups -OCH3 is 1. The smallest absolute Gasteiger partial charge is 0.324 e. The molecule has 0 saturated heterocycles. The van der Waals surface area contributed by atoms with E-state index in [0.717, 1.165) is 0 Å². The first-order valence-electron chi connectivity index (χ1n) is 10.4. The van der Waals surface area contributed by atoms with Crippen LogP contribution in [0.4, 0.5) is 5.69 Å². The Balaban J connectivity index is 2.18. The van der Waals surface area contributed by atoms with Gasteiger partial charge in [0, 0.05) is 30.2 Å². The summed E-state index contributed by atoms with van der Waals surface area (Å²) in [6.45, 7) is 7.02. The molecule has 1 aromatic carbocycles. The van der Waals surface area contributed by atoms with Crippen LogP contribution in [0.25, 0.3) is 0 Å². The molecule has 0 aliphatic heterocycles. The standard InChI is InChI=1S/C22H28Cl2N4O5S/c1-13(2)28(14(3)4)34(31,32)27-19(22(30)33-5)10-15-6-8-16(9-7-15)26-21(29)20-17(23)11-25-12-18(20)24/h6-9,11-14,19,27H,10H2,1-5H3,(H,26,29). The molecule has 0 saturated carbocycles. The summed E-state index contributed by atoms with van der Waals surface area (Å²) in [5, 5.41) is 2.92. The number of benzene rings is 1. The zero-order valence-corrected chi connectivity index (χ0v) is 21.8. The second-order valence-electron chi connectivity index (χ2n) is 8.05. The molecular weight excluding hydrogens is 503 g/mol. The van der Waals surface area contributed by atoms with Crippen molar-refractivity contribution in [3.05, 3.63) is 57.8 Å². The van der Waals surface area contributed by atoms with Gasteiger partial charge >= 0.3 is 5.97 Å². The number of halogens is 2. The Labute approximate surface area is 210 Å². The van der Waals surface area contributed by atoms with Crippen molar-refractivity contribution in [3.8, 4) is 0 Å². The number of hydrogen-bond acceptors (Lipinski definition) is 6. The second-order valence-corrected chi connectivity index (χ2v) is 10.5. The fourth-order valence-electron chi connectivity index (χ4n) is 3.49. The van der Waals surface area contributed by atoms with Crippen molar-refractivity contribution in [3.63, 3.8) is 0 Å². The predicted octanol–water partition coefficient (Wildman–Crippen LogP) is 3.68. The first kappa shape index (κ1) is 28.0. The molecule has 1 heterocycles. The van der Waals surface area contributed by atoms with E-state index in [2.05, 4.69) is 15.0 Å². The van der Waals surface area contributed by atoms with Crippen molar-refractivity contribution in [1.82, 2.24) is 14.0 Å². The van der Waals surface area contributed by atoms with Gasteiger partial charge in [0.2, 0.25) is 0 Å². The SMILES string of the molecule is COC(=O)C(Cc1ccc(NC(=O)c2c(Cl)cncc2Cl)cc1)NS(=O)(=O)N(C(C)C)C(C)C. The quantitative estimate of drug-likeness (QED) is 0.452. The van der Waals surface area contributed by atoms with Crippen LogP contribution >= 0.6 is 23.2 Å². The summed E-state index contributed by atoms with van der Waals surface area (Å²) in [4.78, 5) is 28.7. The summed E-state index contributed by atoms with van der Waals surface area (Å²) in [5.74, 6) is -1.22. The van der Waals surface area contributed by atoms with Crippen molar-refractivity contribution >= 4 is 51.0 Å². The molecule has 0 spiro atoms. The summed E-state index contributed by atoms with van der Waals surface area (Å²) in [7, 11) is -2.77. The van der Waals surface area contributed by atoms with Crippen molar-refractivity contribution in [1.29, 1.82) is 0 Å². The first-order chi connectivity index (χ1) is 15.9. The number of carbonyl (C=O) groups is 2. The highest BCUT2D eigenvalue weighted by atomic mass is 35.5. The number of nitrogens with zero attached hydrogens (tertiary/aromatic N) is 2. The van der Waals surface area contributed by atoms with E-state index in [0.29, 0.717) is 11.3 Å². The van der Waals surface area contributed by atoms with Crippen LogP contribution in [-0.2, 0) is 26.2 Å². The second kappa shape index (κ2) is 11.9. The normalized spacial score (nSPS) is 12.8. The lowest BCUT2D eigenvalue weighted by Gasteiger charge is -2.31. The lowest BCUT2D eigenvalue weighted by atomic mass is 10.1. The molecule has 2 rings (SSSR count). The highest BCUT2D eigenvalue weighted by Gasteiger charge is 2.33. The molecule has 1 unspecified atom stereocenters. The summed E-state index contributed by atoms with van der Waals surface area (Å²) in [5.41, 5.74) is 1.21. The van der Waals surface area contributed by atoms with Crippen LogP contribution in [0, 0.1) is 0 Å². The van der Waals surface area contributed by atoms with Gasteiger partial charge in [-0.1, -0.05) is 35.3 Å².